The van der Waals surface area contributed by atoms with Crippen LogP contribution in [0.4, 0.5) is 5.95 Å². The SMILES string of the molecule is CCCCn1c(C(=O)Nc2nn[nH]n2)c(C)c2ccccc21. The van der Waals surface area contributed by atoms with E-state index in [0.29, 0.717) is 5.69 Å². The van der Waals surface area contributed by atoms with E-state index in [1.807, 2.05) is 31.2 Å². The summed E-state index contributed by atoms with van der Waals surface area (Å²) in [5.41, 5.74) is 2.69. The third-order valence-electron chi connectivity index (χ3n) is 3.75. The first-order valence-electron chi connectivity index (χ1n) is 7.35. The molecule has 0 saturated carbocycles. The van der Waals surface area contributed by atoms with Gasteiger partial charge in [0.05, 0.1) is 0 Å². The summed E-state index contributed by atoms with van der Waals surface area (Å²) in [5.74, 6) is -0.0390. The Morgan fingerprint density at radius 1 is 1.36 bits per heavy atom. The number of hydrogen-bond acceptors (Lipinski definition) is 4. The van der Waals surface area contributed by atoms with Gasteiger partial charge in [0.25, 0.3) is 11.9 Å². The molecule has 3 aromatic rings. The van der Waals surface area contributed by atoms with Crippen LogP contribution in [0.1, 0.15) is 35.8 Å². The van der Waals surface area contributed by atoms with Crippen molar-refractivity contribution in [1.82, 2.24) is 25.2 Å². The Hall–Kier alpha value is -2.70. The lowest BCUT2D eigenvalue weighted by atomic mass is 10.1. The van der Waals surface area contributed by atoms with Gasteiger partial charge in [-0.05, 0) is 30.2 Å². The Kier molecular flexibility index (Phi) is 3.86. The van der Waals surface area contributed by atoms with Crippen molar-refractivity contribution in [2.24, 2.45) is 0 Å². The first-order chi connectivity index (χ1) is 10.7. The fourth-order valence-electron chi connectivity index (χ4n) is 2.69. The fourth-order valence-corrected chi connectivity index (χ4v) is 2.69. The highest BCUT2D eigenvalue weighted by Crippen LogP contribution is 2.26. The van der Waals surface area contributed by atoms with Crippen molar-refractivity contribution >= 4 is 22.8 Å². The second-order valence-corrected chi connectivity index (χ2v) is 5.19. The van der Waals surface area contributed by atoms with E-state index in [1.54, 1.807) is 0 Å². The summed E-state index contributed by atoms with van der Waals surface area (Å²) in [7, 11) is 0. The molecule has 114 valence electrons. The Labute approximate surface area is 127 Å². The Morgan fingerprint density at radius 3 is 2.91 bits per heavy atom. The van der Waals surface area contributed by atoms with Gasteiger partial charge in [-0.15, -0.1) is 5.10 Å². The number of para-hydroxylation sites is 1. The number of carbonyl (C=O) groups excluding carboxylic acids is 1. The highest BCUT2D eigenvalue weighted by Gasteiger charge is 2.20. The molecule has 0 aliphatic rings. The van der Waals surface area contributed by atoms with Gasteiger partial charge in [-0.3, -0.25) is 10.1 Å². The third-order valence-corrected chi connectivity index (χ3v) is 3.75. The number of nitrogens with zero attached hydrogens (tertiary/aromatic N) is 4. The number of hydrogen-bond donors (Lipinski definition) is 2. The number of carbonyl (C=O) groups is 1. The van der Waals surface area contributed by atoms with Gasteiger partial charge in [0.15, 0.2) is 0 Å². The number of unbranched alkanes of at least 4 members (excludes halogenated alkanes) is 1. The number of fused-ring (bicyclic) bond motifs is 1. The van der Waals surface area contributed by atoms with Crippen LogP contribution in [0.2, 0.25) is 0 Å². The van der Waals surface area contributed by atoms with Crippen LogP contribution in [0.15, 0.2) is 24.3 Å². The molecule has 7 heteroatoms. The van der Waals surface area contributed by atoms with E-state index in [2.05, 4.69) is 37.4 Å². The number of nitrogens with one attached hydrogen (secondary N) is 2. The van der Waals surface area contributed by atoms with Crippen LogP contribution in [-0.4, -0.2) is 31.1 Å². The summed E-state index contributed by atoms with van der Waals surface area (Å²) in [6, 6.07) is 8.06. The molecule has 2 heterocycles. The molecule has 0 atom stereocenters. The van der Waals surface area contributed by atoms with Gasteiger partial charge in [-0.25, -0.2) is 0 Å². The Balaban J connectivity index is 2.06. The van der Waals surface area contributed by atoms with Crippen LogP contribution in [0, 0.1) is 6.92 Å². The van der Waals surface area contributed by atoms with Gasteiger partial charge < -0.3 is 4.57 Å². The van der Waals surface area contributed by atoms with Crippen molar-refractivity contribution < 1.29 is 4.79 Å². The molecule has 1 amide bonds. The standard InChI is InChI=1S/C15H18N6O/c1-3-4-9-21-12-8-6-5-7-11(12)10(2)13(21)14(22)16-15-17-19-20-18-15/h5-8H,3-4,9H2,1-2H3,(H2,16,17,18,19,20,22). The zero-order valence-corrected chi connectivity index (χ0v) is 12.6. The van der Waals surface area contributed by atoms with E-state index in [0.717, 1.165) is 35.9 Å². The zero-order valence-electron chi connectivity index (χ0n) is 12.6. The van der Waals surface area contributed by atoms with Gasteiger partial charge in [0, 0.05) is 17.4 Å². The molecule has 22 heavy (non-hydrogen) atoms. The molecule has 0 radical (unpaired) electrons. The van der Waals surface area contributed by atoms with Crippen molar-refractivity contribution in [3.63, 3.8) is 0 Å². The van der Waals surface area contributed by atoms with E-state index in [4.69, 9.17) is 0 Å². The molecular weight excluding hydrogens is 280 g/mol. The summed E-state index contributed by atoms with van der Waals surface area (Å²) in [6.07, 6.45) is 2.08. The molecule has 7 nitrogen and oxygen atoms in total. The van der Waals surface area contributed by atoms with Crippen LogP contribution in [0.5, 0.6) is 0 Å². The van der Waals surface area contributed by atoms with Gasteiger partial charge in [0.1, 0.15) is 5.69 Å². The number of tetrazole rings is 1. The zero-order chi connectivity index (χ0) is 15.5. The summed E-state index contributed by atoms with van der Waals surface area (Å²) < 4.78 is 2.07. The molecular formula is C15H18N6O. The number of benzene rings is 1. The summed E-state index contributed by atoms with van der Waals surface area (Å²) in [4.78, 5) is 12.6. The van der Waals surface area contributed by atoms with Gasteiger partial charge in [0.2, 0.25) is 0 Å². The van der Waals surface area contributed by atoms with Gasteiger partial charge in [-0.1, -0.05) is 36.6 Å². The highest BCUT2D eigenvalue weighted by atomic mass is 16.2. The van der Waals surface area contributed by atoms with Gasteiger partial charge >= 0.3 is 0 Å². The number of anilines is 1. The van der Waals surface area contributed by atoms with Crippen LogP contribution in [-0.2, 0) is 6.54 Å². The summed E-state index contributed by atoms with van der Waals surface area (Å²) >= 11 is 0. The molecule has 3 rings (SSSR count). The van der Waals surface area contributed by atoms with E-state index in [-0.39, 0.29) is 11.9 Å². The van der Waals surface area contributed by atoms with Crippen molar-refractivity contribution in [2.75, 3.05) is 5.32 Å². The molecule has 2 N–H and O–H groups in total. The molecule has 0 aliphatic carbocycles. The van der Waals surface area contributed by atoms with Gasteiger partial charge in [-0.2, -0.15) is 5.21 Å². The van der Waals surface area contributed by atoms with Crippen molar-refractivity contribution in [3.8, 4) is 0 Å². The van der Waals surface area contributed by atoms with E-state index >= 15 is 0 Å². The lowest BCUT2D eigenvalue weighted by Crippen LogP contribution is -2.19. The predicted molar refractivity (Wildman–Crippen MR) is 83.7 cm³/mol. The van der Waals surface area contributed by atoms with Crippen LogP contribution in [0.3, 0.4) is 0 Å². The molecule has 0 bridgehead atoms. The molecule has 0 unspecified atom stereocenters. The number of amides is 1. The number of aryl methyl sites for hydroxylation is 2. The topological polar surface area (TPSA) is 88.5 Å². The average Bonchev–Trinajstić information content (AvgIpc) is 3.12. The Morgan fingerprint density at radius 2 is 2.18 bits per heavy atom. The first kappa shape index (κ1) is 14.2. The number of H-pyrrole nitrogens is 1. The maximum atomic E-state index is 12.6. The van der Waals surface area contributed by atoms with E-state index in [1.165, 1.54) is 0 Å². The van der Waals surface area contributed by atoms with E-state index in [9.17, 15) is 4.79 Å². The fraction of sp³-hybridized carbons (Fsp3) is 0.333. The number of aromatic amines is 1. The summed E-state index contributed by atoms with van der Waals surface area (Å²) in [6.45, 7) is 4.91. The molecule has 0 saturated heterocycles. The van der Waals surface area contributed by atoms with E-state index < -0.39 is 0 Å². The Bertz CT molecular complexity index is 790. The second-order valence-electron chi connectivity index (χ2n) is 5.19. The number of aromatic nitrogens is 5. The summed E-state index contributed by atoms with van der Waals surface area (Å²) in [5, 5.41) is 17.1. The first-order valence-corrected chi connectivity index (χ1v) is 7.35. The number of rotatable bonds is 5. The average molecular weight is 298 g/mol. The molecule has 0 fully saturated rings. The predicted octanol–water partition coefficient (Wildman–Crippen LogP) is 2.52. The molecule has 0 aliphatic heterocycles. The minimum Gasteiger partial charge on any atom is -0.336 e. The third kappa shape index (κ3) is 2.45. The molecule has 2 aromatic heterocycles. The van der Waals surface area contributed by atoms with Crippen molar-refractivity contribution in [1.29, 1.82) is 0 Å². The second kappa shape index (κ2) is 5.97. The minimum atomic E-state index is -0.216. The highest BCUT2D eigenvalue weighted by molar-refractivity contribution is 6.07. The minimum absolute atomic E-state index is 0.177. The monoisotopic (exact) mass is 298 g/mol. The van der Waals surface area contributed by atoms with Crippen LogP contribution < -0.4 is 5.32 Å². The lowest BCUT2D eigenvalue weighted by molar-refractivity contribution is 0.101. The van der Waals surface area contributed by atoms with Crippen molar-refractivity contribution in [3.05, 3.63) is 35.5 Å². The van der Waals surface area contributed by atoms with Crippen LogP contribution in [0.25, 0.3) is 10.9 Å². The lowest BCUT2D eigenvalue weighted by Gasteiger charge is -2.10. The molecule has 0 spiro atoms. The largest absolute Gasteiger partial charge is 0.336 e. The normalized spacial score (nSPS) is 11.0. The van der Waals surface area contributed by atoms with Crippen LogP contribution >= 0.6 is 0 Å². The maximum absolute atomic E-state index is 12.6. The quantitative estimate of drug-likeness (QED) is 0.757. The molecule has 1 aromatic carbocycles. The van der Waals surface area contributed by atoms with Crippen molar-refractivity contribution in [2.45, 2.75) is 33.2 Å². The maximum Gasteiger partial charge on any atom is 0.275 e. The smallest absolute Gasteiger partial charge is 0.275 e.